The maximum atomic E-state index is 12.3. The summed E-state index contributed by atoms with van der Waals surface area (Å²) in [5.74, 6) is 0.425. The molecule has 1 aliphatic rings. The lowest BCUT2D eigenvalue weighted by Gasteiger charge is -2.25. The second kappa shape index (κ2) is 4.51. The number of pyridine rings is 1. The van der Waals surface area contributed by atoms with E-state index in [0.717, 1.165) is 12.8 Å². The van der Waals surface area contributed by atoms with Gasteiger partial charge in [-0.15, -0.1) is 0 Å². The van der Waals surface area contributed by atoms with Crippen molar-refractivity contribution in [1.29, 1.82) is 0 Å². The molecule has 100 valence electrons. The Morgan fingerprint density at radius 2 is 2.06 bits per heavy atom. The van der Waals surface area contributed by atoms with Gasteiger partial charge in [-0.3, -0.25) is 0 Å². The Kier molecular flexibility index (Phi) is 3.33. The molecule has 18 heavy (non-hydrogen) atoms. The number of nitrogens with zero attached hydrogens (tertiary/aromatic N) is 1. The van der Waals surface area contributed by atoms with E-state index >= 15 is 0 Å². The third kappa shape index (κ3) is 2.64. The zero-order chi connectivity index (χ0) is 13.4. The summed E-state index contributed by atoms with van der Waals surface area (Å²) >= 11 is 0. The second-order valence-electron chi connectivity index (χ2n) is 5.21. The molecule has 0 aliphatic heterocycles. The largest absolute Gasteiger partial charge is 0.386 e. The molecule has 1 aromatic rings. The Morgan fingerprint density at radius 1 is 1.39 bits per heavy atom. The first-order valence-electron chi connectivity index (χ1n) is 6.03. The number of hydrogen-bond acceptors (Lipinski definition) is 4. The predicted octanol–water partition coefficient (Wildman–Crippen LogP) is 1.59. The van der Waals surface area contributed by atoms with Gasteiger partial charge >= 0.3 is 0 Å². The molecule has 6 heteroatoms. The van der Waals surface area contributed by atoms with E-state index in [2.05, 4.69) is 15.0 Å². The van der Waals surface area contributed by atoms with Crippen molar-refractivity contribution in [2.24, 2.45) is 5.92 Å². The summed E-state index contributed by atoms with van der Waals surface area (Å²) in [6.45, 7) is 3.84. The molecule has 0 atom stereocenters. The molecule has 2 N–H and O–H groups in total. The van der Waals surface area contributed by atoms with Gasteiger partial charge in [0.25, 0.3) is 10.0 Å². The highest BCUT2D eigenvalue weighted by atomic mass is 32.2. The average Bonchev–Trinajstić information content (AvgIpc) is 3.11. The van der Waals surface area contributed by atoms with E-state index in [4.69, 9.17) is 0 Å². The molecule has 1 heterocycles. The summed E-state index contributed by atoms with van der Waals surface area (Å²) in [6, 6.07) is 3.41. The van der Waals surface area contributed by atoms with Crippen molar-refractivity contribution in [2.45, 2.75) is 37.3 Å². The summed E-state index contributed by atoms with van der Waals surface area (Å²) in [5, 5.41) is 2.91. The van der Waals surface area contributed by atoms with Crippen LogP contribution in [0, 0.1) is 5.92 Å². The van der Waals surface area contributed by atoms with Crippen molar-refractivity contribution in [3.05, 3.63) is 18.3 Å². The Bertz CT molecular complexity index is 536. The molecule has 5 nitrogen and oxygen atoms in total. The van der Waals surface area contributed by atoms with Crippen LogP contribution in [-0.2, 0) is 10.0 Å². The van der Waals surface area contributed by atoms with Crippen LogP contribution in [-0.4, -0.2) is 26.0 Å². The molecular weight excluding hydrogens is 250 g/mol. The molecule has 1 saturated carbocycles. The molecule has 0 amide bonds. The number of hydrogen-bond donors (Lipinski definition) is 2. The van der Waals surface area contributed by atoms with Crippen molar-refractivity contribution in [3.8, 4) is 0 Å². The van der Waals surface area contributed by atoms with Crippen molar-refractivity contribution in [1.82, 2.24) is 9.71 Å². The Morgan fingerprint density at radius 3 is 2.61 bits per heavy atom. The molecule has 2 rings (SSSR count). The number of aromatic nitrogens is 1. The Balaban J connectivity index is 2.30. The Hall–Kier alpha value is -1.14. The molecule has 0 spiro atoms. The summed E-state index contributed by atoms with van der Waals surface area (Å²) in [5.41, 5.74) is 0.0954. The number of nitrogens with one attached hydrogen (secondary N) is 2. The molecular formula is C12H19N3O2S. The maximum absolute atomic E-state index is 12.3. The van der Waals surface area contributed by atoms with Crippen LogP contribution in [0.1, 0.15) is 26.7 Å². The highest BCUT2D eigenvalue weighted by Crippen LogP contribution is 2.40. The number of anilines is 1. The van der Waals surface area contributed by atoms with Crippen LogP contribution in [0.2, 0.25) is 0 Å². The minimum Gasteiger partial charge on any atom is -0.386 e. The highest BCUT2D eigenvalue weighted by Gasteiger charge is 2.41. The summed E-state index contributed by atoms with van der Waals surface area (Å²) < 4.78 is 27.4. The van der Waals surface area contributed by atoms with E-state index in [-0.39, 0.29) is 5.03 Å². The zero-order valence-electron chi connectivity index (χ0n) is 10.9. The fourth-order valence-corrected chi connectivity index (χ4v) is 3.69. The van der Waals surface area contributed by atoms with E-state index in [1.165, 1.54) is 6.20 Å². The van der Waals surface area contributed by atoms with Crippen LogP contribution >= 0.6 is 0 Å². The van der Waals surface area contributed by atoms with Crippen molar-refractivity contribution < 1.29 is 8.42 Å². The normalized spacial score (nSPS) is 16.6. The van der Waals surface area contributed by atoms with Gasteiger partial charge in [0.2, 0.25) is 0 Å². The fraction of sp³-hybridized carbons (Fsp3) is 0.583. The topological polar surface area (TPSA) is 71.1 Å². The first-order valence-corrected chi connectivity index (χ1v) is 7.52. The predicted molar refractivity (Wildman–Crippen MR) is 70.9 cm³/mol. The van der Waals surface area contributed by atoms with Crippen molar-refractivity contribution in [3.63, 3.8) is 0 Å². The quantitative estimate of drug-likeness (QED) is 0.851. The van der Waals surface area contributed by atoms with Crippen LogP contribution in [0.3, 0.4) is 0 Å². The average molecular weight is 269 g/mol. The third-order valence-electron chi connectivity index (χ3n) is 3.29. The van der Waals surface area contributed by atoms with Gasteiger partial charge in [-0.25, -0.2) is 18.1 Å². The van der Waals surface area contributed by atoms with E-state index < -0.39 is 15.6 Å². The lowest BCUT2D eigenvalue weighted by Crippen LogP contribution is -2.45. The molecule has 0 radical (unpaired) electrons. The van der Waals surface area contributed by atoms with Crippen molar-refractivity contribution in [2.75, 3.05) is 12.4 Å². The van der Waals surface area contributed by atoms with Gasteiger partial charge in [-0.2, -0.15) is 0 Å². The van der Waals surface area contributed by atoms with Crippen LogP contribution in [0.5, 0.6) is 0 Å². The monoisotopic (exact) mass is 269 g/mol. The van der Waals surface area contributed by atoms with Gasteiger partial charge in [0.1, 0.15) is 0 Å². The SMILES string of the molecule is CNc1cccnc1S(=O)(=O)NC(C)(C)C1CC1. The fourth-order valence-electron chi connectivity index (χ4n) is 2.08. The number of sulfonamides is 1. The molecule has 0 aromatic carbocycles. The maximum Gasteiger partial charge on any atom is 0.260 e. The summed E-state index contributed by atoms with van der Waals surface area (Å²) in [7, 11) is -1.91. The number of rotatable bonds is 5. The molecule has 1 fully saturated rings. The van der Waals surface area contributed by atoms with E-state index in [1.54, 1.807) is 19.2 Å². The molecule has 0 bridgehead atoms. The second-order valence-corrected chi connectivity index (χ2v) is 6.81. The van der Waals surface area contributed by atoms with Gasteiger partial charge in [0.05, 0.1) is 5.69 Å². The van der Waals surface area contributed by atoms with E-state index in [1.807, 2.05) is 13.8 Å². The van der Waals surface area contributed by atoms with Gasteiger partial charge in [-0.05, 0) is 44.7 Å². The first kappa shape index (κ1) is 13.3. The lowest BCUT2D eigenvalue weighted by atomic mass is 10.0. The standard InChI is InChI=1S/C12H19N3O2S/c1-12(2,9-6-7-9)15-18(16,17)11-10(13-3)5-4-8-14-11/h4-5,8-9,13,15H,6-7H2,1-3H3. The molecule has 0 unspecified atom stereocenters. The molecule has 0 saturated heterocycles. The van der Waals surface area contributed by atoms with Crippen LogP contribution in [0.25, 0.3) is 0 Å². The Labute approximate surface area is 108 Å². The van der Waals surface area contributed by atoms with Crippen LogP contribution in [0.4, 0.5) is 5.69 Å². The zero-order valence-corrected chi connectivity index (χ0v) is 11.7. The van der Waals surface area contributed by atoms with E-state index in [9.17, 15) is 8.42 Å². The summed E-state index contributed by atoms with van der Waals surface area (Å²) in [4.78, 5) is 3.97. The highest BCUT2D eigenvalue weighted by molar-refractivity contribution is 7.89. The minimum absolute atomic E-state index is 0.0567. The van der Waals surface area contributed by atoms with E-state index in [0.29, 0.717) is 11.6 Å². The smallest absolute Gasteiger partial charge is 0.260 e. The minimum atomic E-state index is -3.59. The summed E-state index contributed by atoms with van der Waals surface area (Å²) in [6.07, 6.45) is 3.65. The third-order valence-corrected chi connectivity index (χ3v) is 4.92. The lowest BCUT2D eigenvalue weighted by molar-refractivity contribution is 0.400. The van der Waals surface area contributed by atoms with Gasteiger partial charge in [0.15, 0.2) is 5.03 Å². The van der Waals surface area contributed by atoms with Crippen LogP contribution in [0.15, 0.2) is 23.4 Å². The van der Waals surface area contributed by atoms with Gasteiger partial charge in [0, 0.05) is 18.8 Å². The molecule has 1 aliphatic carbocycles. The van der Waals surface area contributed by atoms with Crippen LogP contribution < -0.4 is 10.0 Å². The van der Waals surface area contributed by atoms with Crippen molar-refractivity contribution >= 4 is 15.7 Å². The first-order chi connectivity index (χ1) is 8.37. The van der Waals surface area contributed by atoms with Gasteiger partial charge in [-0.1, -0.05) is 0 Å². The molecule has 1 aromatic heterocycles. The van der Waals surface area contributed by atoms with Gasteiger partial charge < -0.3 is 5.32 Å².